The summed E-state index contributed by atoms with van der Waals surface area (Å²) >= 11 is 0. The zero-order chi connectivity index (χ0) is 17.6. The third-order valence-electron chi connectivity index (χ3n) is 3.81. The lowest BCUT2D eigenvalue weighted by atomic mass is 10.1. The molecule has 1 atom stereocenters. The predicted molar refractivity (Wildman–Crippen MR) is 97.0 cm³/mol. The quantitative estimate of drug-likeness (QED) is 0.668. The van der Waals surface area contributed by atoms with Crippen molar-refractivity contribution in [3.63, 3.8) is 0 Å². The highest BCUT2D eigenvalue weighted by Crippen LogP contribution is 2.20. The summed E-state index contributed by atoms with van der Waals surface area (Å²) in [4.78, 5) is 28.3. The molecule has 0 aliphatic heterocycles. The topological polar surface area (TPSA) is 97.1 Å². The van der Waals surface area contributed by atoms with Gasteiger partial charge in [0, 0.05) is 18.0 Å². The van der Waals surface area contributed by atoms with E-state index < -0.39 is 18.0 Å². The van der Waals surface area contributed by atoms with Crippen LogP contribution in [0.5, 0.6) is 0 Å². The van der Waals surface area contributed by atoms with Crippen molar-refractivity contribution in [3.05, 3.63) is 72.4 Å². The van der Waals surface area contributed by atoms with Gasteiger partial charge in [0.05, 0.1) is 11.2 Å². The summed E-state index contributed by atoms with van der Waals surface area (Å²) < 4.78 is 0. The number of rotatable bonds is 5. The normalized spacial score (nSPS) is 11.7. The molecular weight excluding hydrogens is 316 g/mol. The molecule has 0 aliphatic carbocycles. The molecule has 25 heavy (non-hydrogen) atoms. The van der Waals surface area contributed by atoms with Crippen LogP contribution in [-0.2, 0) is 11.2 Å². The zero-order valence-electron chi connectivity index (χ0n) is 13.5. The fourth-order valence-electron chi connectivity index (χ4n) is 2.59. The Hall–Kier alpha value is -3.41. The first-order valence-corrected chi connectivity index (χ1v) is 7.88. The summed E-state index contributed by atoms with van der Waals surface area (Å²) in [6.07, 6.45) is 1.99. The van der Waals surface area contributed by atoms with Crippen molar-refractivity contribution in [1.82, 2.24) is 10.3 Å². The minimum Gasteiger partial charge on any atom is -0.368 e. The van der Waals surface area contributed by atoms with Gasteiger partial charge in [-0.3, -0.25) is 9.78 Å². The van der Waals surface area contributed by atoms with Crippen LogP contribution in [0.4, 0.5) is 10.5 Å². The number of hydrogen-bond acceptors (Lipinski definition) is 3. The standard InChI is InChI=1S/C19H18N4O2/c20-18(24)16(12-13-6-2-1-3-7-13)23-19(25)22-15-10-4-8-14-9-5-11-21-17(14)15/h1-11,16H,12H2,(H2,20,24)(H2,22,23,25). The highest BCUT2D eigenvalue weighted by Gasteiger charge is 2.19. The highest BCUT2D eigenvalue weighted by molar-refractivity contribution is 6.00. The molecule has 1 unspecified atom stereocenters. The number of primary amides is 1. The number of amides is 3. The fraction of sp³-hybridized carbons (Fsp3) is 0.105. The molecule has 0 fully saturated rings. The van der Waals surface area contributed by atoms with Crippen LogP contribution in [0, 0.1) is 0 Å². The molecule has 1 heterocycles. The van der Waals surface area contributed by atoms with Gasteiger partial charge in [0.1, 0.15) is 6.04 Å². The first-order chi connectivity index (χ1) is 12.1. The molecule has 3 amide bonds. The van der Waals surface area contributed by atoms with Crippen LogP contribution in [0.25, 0.3) is 10.9 Å². The largest absolute Gasteiger partial charge is 0.368 e. The first-order valence-electron chi connectivity index (χ1n) is 7.88. The molecule has 1 aromatic heterocycles. The van der Waals surface area contributed by atoms with Crippen molar-refractivity contribution >= 4 is 28.5 Å². The Morgan fingerprint density at radius 1 is 1.00 bits per heavy atom. The number of nitrogens with two attached hydrogens (primary N) is 1. The number of carbonyl (C=O) groups is 2. The lowest BCUT2D eigenvalue weighted by Gasteiger charge is -2.16. The third kappa shape index (κ3) is 4.11. The van der Waals surface area contributed by atoms with Crippen LogP contribution in [0.15, 0.2) is 66.9 Å². The number of nitrogens with zero attached hydrogens (tertiary/aromatic N) is 1. The molecule has 0 radical (unpaired) electrons. The van der Waals surface area contributed by atoms with Gasteiger partial charge in [-0.15, -0.1) is 0 Å². The number of hydrogen-bond donors (Lipinski definition) is 3. The Kier molecular flexibility index (Phi) is 4.89. The molecule has 4 N–H and O–H groups in total. The molecule has 0 spiro atoms. The summed E-state index contributed by atoms with van der Waals surface area (Å²) in [7, 11) is 0. The fourth-order valence-corrected chi connectivity index (χ4v) is 2.59. The average Bonchev–Trinajstić information content (AvgIpc) is 2.62. The van der Waals surface area contributed by atoms with Crippen molar-refractivity contribution in [2.75, 3.05) is 5.32 Å². The SMILES string of the molecule is NC(=O)C(Cc1ccccc1)NC(=O)Nc1cccc2cccnc12. The van der Waals surface area contributed by atoms with Crippen molar-refractivity contribution in [3.8, 4) is 0 Å². The lowest BCUT2D eigenvalue weighted by molar-refractivity contribution is -0.119. The number of aromatic nitrogens is 1. The maximum Gasteiger partial charge on any atom is 0.319 e. The Morgan fingerprint density at radius 2 is 1.76 bits per heavy atom. The second-order valence-electron chi connectivity index (χ2n) is 5.62. The Bertz CT molecular complexity index is 891. The summed E-state index contributed by atoms with van der Waals surface area (Å²) in [5.41, 5.74) is 7.59. The molecule has 3 rings (SSSR count). The van der Waals surface area contributed by atoms with E-state index in [0.29, 0.717) is 17.6 Å². The van der Waals surface area contributed by atoms with Gasteiger partial charge in [-0.2, -0.15) is 0 Å². The minimum absolute atomic E-state index is 0.331. The molecule has 0 saturated heterocycles. The Balaban J connectivity index is 1.72. The highest BCUT2D eigenvalue weighted by atomic mass is 16.2. The van der Waals surface area contributed by atoms with Gasteiger partial charge >= 0.3 is 6.03 Å². The third-order valence-corrected chi connectivity index (χ3v) is 3.81. The van der Waals surface area contributed by atoms with Gasteiger partial charge in [0.15, 0.2) is 0 Å². The van der Waals surface area contributed by atoms with Gasteiger partial charge in [0.25, 0.3) is 0 Å². The van der Waals surface area contributed by atoms with Crippen LogP contribution in [-0.4, -0.2) is 23.0 Å². The minimum atomic E-state index is -0.801. The van der Waals surface area contributed by atoms with Crippen LogP contribution in [0.2, 0.25) is 0 Å². The van der Waals surface area contributed by atoms with Gasteiger partial charge in [0.2, 0.25) is 5.91 Å². The van der Waals surface area contributed by atoms with E-state index in [-0.39, 0.29) is 0 Å². The van der Waals surface area contributed by atoms with Gasteiger partial charge < -0.3 is 16.4 Å². The predicted octanol–water partition coefficient (Wildman–Crippen LogP) is 2.45. The van der Waals surface area contributed by atoms with Crippen molar-refractivity contribution in [2.45, 2.75) is 12.5 Å². The molecule has 6 nitrogen and oxygen atoms in total. The Morgan fingerprint density at radius 3 is 2.52 bits per heavy atom. The van der Waals surface area contributed by atoms with E-state index in [1.54, 1.807) is 12.3 Å². The number of carbonyl (C=O) groups excluding carboxylic acids is 2. The monoisotopic (exact) mass is 334 g/mol. The van der Waals surface area contributed by atoms with Gasteiger partial charge in [-0.1, -0.05) is 48.5 Å². The molecule has 0 saturated carbocycles. The van der Waals surface area contributed by atoms with Crippen LogP contribution < -0.4 is 16.4 Å². The number of urea groups is 1. The van der Waals surface area contributed by atoms with E-state index >= 15 is 0 Å². The van der Waals surface area contributed by atoms with E-state index in [2.05, 4.69) is 15.6 Å². The van der Waals surface area contributed by atoms with Crippen molar-refractivity contribution < 1.29 is 9.59 Å². The van der Waals surface area contributed by atoms with Crippen molar-refractivity contribution in [2.24, 2.45) is 5.73 Å². The summed E-state index contributed by atoms with van der Waals surface area (Å²) in [6.45, 7) is 0. The van der Waals surface area contributed by atoms with E-state index in [9.17, 15) is 9.59 Å². The van der Waals surface area contributed by atoms with Crippen LogP contribution in [0.1, 0.15) is 5.56 Å². The molecular formula is C19H18N4O2. The average molecular weight is 334 g/mol. The Labute approximate surface area is 145 Å². The van der Waals surface area contributed by atoms with E-state index in [1.807, 2.05) is 54.6 Å². The molecule has 0 bridgehead atoms. The second-order valence-corrected chi connectivity index (χ2v) is 5.62. The summed E-state index contributed by atoms with van der Waals surface area (Å²) in [6, 6.07) is 17.3. The number of para-hydroxylation sites is 1. The number of benzene rings is 2. The maximum atomic E-state index is 12.3. The van der Waals surface area contributed by atoms with E-state index in [4.69, 9.17) is 5.73 Å². The number of anilines is 1. The van der Waals surface area contributed by atoms with Crippen LogP contribution >= 0.6 is 0 Å². The second kappa shape index (κ2) is 7.44. The zero-order valence-corrected chi connectivity index (χ0v) is 13.5. The molecule has 6 heteroatoms. The molecule has 3 aromatic rings. The maximum absolute atomic E-state index is 12.3. The molecule has 2 aromatic carbocycles. The number of fused-ring (bicyclic) bond motifs is 1. The molecule has 0 aliphatic rings. The summed E-state index contributed by atoms with van der Waals surface area (Å²) in [5, 5.41) is 6.27. The van der Waals surface area contributed by atoms with E-state index in [0.717, 1.165) is 10.9 Å². The lowest BCUT2D eigenvalue weighted by Crippen LogP contribution is -2.47. The number of pyridine rings is 1. The van der Waals surface area contributed by atoms with Crippen molar-refractivity contribution in [1.29, 1.82) is 0 Å². The first kappa shape index (κ1) is 16.4. The summed E-state index contributed by atoms with van der Waals surface area (Å²) in [5.74, 6) is -0.588. The van der Waals surface area contributed by atoms with Gasteiger partial charge in [-0.25, -0.2) is 4.79 Å². The van der Waals surface area contributed by atoms with Gasteiger partial charge in [-0.05, 0) is 17.7 Å². The smallest absolute Gasteiger partial charge is 0.319 e. The van der Waals surface area contributed by atoms with E-state index in [1.165, 1.54) is 0 Å². The number of nitrogens with one attached hydrogen (secondary N) is 2. The van der Waals surface area contributed by atoms with Crippen LogP contribution in [0.3, 0.4) is 0 Å². The molecule has 126 valence electrons.